The van der Waals surface area contributed by atoms with Crippen molar-refractivity contribution < 1.29 is 24.2 Å². The maximum Gasteiger partial charge on any atom is 0.302 e. The summed E-state index contributed by atoms with van der Waals surface area (Å²) >= 11 is 0. The van der Waals surface area contributed by atoms with Gasteiger partial charge in [-0.1, -0.05) is 13.8 Å². The molecule has 4 saturated carbocycles. The molecule has 0 aromatic rings. The number of hydrogen-bond acceptors (Lipinski definition) is 5. The highest BCUT2D eigenvalue weighted by Crippen LogP contribution is 2.68. The highest BCUT2D eigenvalue weighted by molar-refractivity contribution is 5.66. The van der Waals surface area contributed by atoms with E-state index in [1.165, 1.54) is 26.7 Å². The molecule has 30 heavy (non-hydrogen) atoms. The monoisotopic (exact) mass is 420 g/mol. The smallest absolute Gasteiger partial charge is 0.302 e. The molecular weight excluding hydrogens is 380 g/mol. The Labute approximate surface area is 181 Å². The molecule has 5 heteroatoms. The van der Waals surface area contributed by atoms with Gasteiger partial charge in [-0.15, -0.1) is 0 Å². The zero-order valence-electron chi connectivity index (χ0n) is 19.4. The molecule has 4 rings (SSSR count). The minimum atomic E-state index is -0.932. The summed E-state index contributed by atoms with van der Waals surface area (Å²) in [6.45, 7) is 9.57. The minimum Gasteiger partial charge on any atom is -0.463 e. The number of aliphatic hydroxyl groups is 1. The fraction of sp³-hybridized carbons (Fsp3) is 0.920. The molecule has 4 aliphatic rings. The van der Waals surface area contributed by atoms with E-state index in [-0.39, 0.29) is 23.5 Å². The third-order valence-corrected chi connectivity index (χ3v) is 10.2. The molecule has 0 amide bonds. The topological polar surface area (TPSA) is 72.8 Å². The van der Waals surface area contributed by atoms with Gasteiger partial charge in [0, 0.05) is 19.3 Å². The summed E-state index contributed by atoms with van der Waals surface area (Å²) in [4.78, 5) is 23.0. The maximum absolute atomic E-state index is 11.7. The van der Waals surface area contributed by atoms with Gasteiger partial charge >= 0.3 is 11.9 Å². The first-order valence-electron chi connectivity index (χ1n) is 12.1. The average Bonchev–Trinajstić information content (AvgIpc) is 2.93. The number of carbonyl (C=O) groups is 2. The SMILES string of the molecule is CC(=O)O[C@@H]1CC[C@@]2(C)[C@H](CC[C@@H]3[C@H]2CC[C@]2(C)[C@@H]3CC[C@@]2(O)[C@@H](C)OC(C)=O)C1. The van der Waals surface area contributed by atoms with Crippen LogP contribution in [0.5, 0.6) is 0 Å². The van der Waals surface area contributed by atoms with E-state index in [2.05, 4.69) is 13.8 Å². The first kappa shape index (κ1) is 22.1. The summed E-state index contributed by atoms with van der Waals surface area (Å²) in [5.74, 6) is 1.96. The van der Waals surface area contributed by atoms with Gasteiger partial charge in [0.2, 0.25) is 0 Å². The van der Waals surface area contributed by atoms with Gasteiger partial charge in [-0.05, 0) is 93.8 Å². The molecule has 0 aliphatic heterocycles. The van der Waals surface area contributed by atoms with Gasteiger partial charge in [-0.2, -0.15) is 0 Å². The number of esters is 2. The Hall–Kier alpha value is -1.10. The van der Waals surface area contributed by atoms with Crippen molar-refractivity contribution in [1.29, 1.82) is 0 Å². The molecule has 0 spiro atoms. The van der Waals surface area contributed by atoms with Crippen LogP contribution in [0.15, 0.2) is 0 Å². The molecule has 0 aromatic heterocycles. The molecule has 0 aromatic carbocycles. The summed E-state index contributed by atoms with van der Waals surface area (Å²) in [6, 6.07) is 0. The Morgan fingerprint density at radius 1 is 0.933 bits per heavy atom. The molecule has 9 atom stereocenters. The summed E-state index contributed by atoms with van der Waals surface area (Å²) in [5, 5.41) is 11.7. The second-order valence-electron chi connectivity index (χ2n) is 11.3. The zero-order valence-corrected chi connectivity index (χ0v) is 19.4. The van der Waals surface area contributed by atoms with Crippen molar-refractivity contribution in [2.75, 3.05) is 0 Å². The largest absolute Gasteiger partial charge is 0.463 e. The third-order valence-electron chi connectivity index (χ3n) is 10.2. The predicted molar refractivity (Wildman–Crippen MR) is 113 cm³/mol. The van der Waals surface area contributed by atoms with Crippen LogP contribution in [0.1, 0.15) is 92.4 Å². The summed E-state index contributed by atoms with van der Waals surface area (Å²) in [6.07, 6.45) is 9.02. The van der Waals surface area contributed by atoms with Crippen molar-refractivity contribution in [2.45, 2.75) is 110 Å². The van der Waals surface area contributed by atoms with Crippen molar-refractivity contribution in [3.05, 3.63) is 0 Å². The van der Waals surface area contributed by atoms with E-state index in [9.17, 15) is 14.7 Å². The van der Waals surface area contributed by atoms with Crippen LogP contribution >= 0.6 is 0 Å². The molecular formula is C25H40O5. The van der Waals surface area contributed by atoms with Gasteiger partial charge in [0.1, 0.15) is 17.8 Å². The summed E-state index contributed by atoms with van der Waals surface area (Å²) in [7, 11) is 0. The fourth-order valence-corrected chi connectivity index (χ4v) is 8.63. The lowest BCUT2D eigenvalue weighted by Crippen LogP contribution is -2.60. The van der Waals surface area contributed by atoms with Crippen molar-refractivity contribution in [1.82, 2.24) is 0 Å². The fourth-order valence-electron chi connectivity index (χ4n) is 8.63. The van der Waals surface area contributed by atoms with Crippen LogP contribution in [0, 0.1) is 34.5 Å². The third kappa shape index (κ3) is 3.22. The Balaban J connectivity index is 1.54. The van der Waals surface area contributed by atoms with Crippen molar-refractivity contribution >= 4 is 11.9 Å². The van der Waals surface area contributed by atoms with E-state index in [4.69, 9.17) is 9.47 Å². The van der Waals surface area contributed by atoms with Crippen molar-refractivity contribution in [2.24, 2.45) is 34.5 Å². The molecule has 0 radical (unpaired) electrons. The number of carbonyl (C=O) groups excluding carboxylic acids is 2. The molecule has 4 fully saturated rings. The van der Waals surface area contributed by atoms with E-state index >= 15 is 0 Å². The van der Waals surface area contributed by atoms with Crippen LogP contribution in [0.2, 0.25) is 0 Å². The average molecular weight is 421 g/mol. The minimum absolute atomic E-state index is 0.0899. The Morgan fingerprint density at radius 2 is 1.63 bits per heavy atom. The Bertz CT molecular complexity index is 706. The summed E-state index contributed by atoms with van der Waals surface area (Å²) < 4.78 is 11.1. The molecule has 0 bridgehead atoms. The van der Waals surface area contributed by atoms with E-state index in [0.717, 1.165) is 44.9 Å². The molecule has 0 saturated heterocycles. The molecule has 0 unspecified atom stereocenters. The zero-order chi connectivity index (χ0) is 21.9. The van der Waals surface area contributed by atoms with Crippen LogP contribution in [0.25, 0.3) is 0 Å². The normalized spacial score (nSPS) is 48.7. The van der Waals surface area contributed by atoms with Gasteiger partial charge in [0.05, 0.1) is 0 Å². The predicted octanol–water partition coefficient (Wildman–Crippen LogP) is 4.64. The Kier molecular flexibility index (Phi) is 5.52. The van der Waals surface area contributed by atoms with E-state index < -0.39 is 11.7 Å². The van der Waals surface area contributed by atoms with Crippen LogP contribution in [0.4, 0.5) is 0 Å². The van der Waals surface area contributed by atoms with E-state index in [1.807, 2.05) is 6.92 Å². The van der Waals surface area contributed by atoms with Crippen LogP contribution < -0.4 is 0 Å². The molecule has 170 valence electrons. The number of hydrogen-bond donors (Lipinski definition) is 1. The molecule has 4 aliphatic carbocycles. The standard InChI is InChI=1S/C25H40O5/c1-15(29-16(2)26)25(28)13-10-22-20-7-6-18-14-19(30-17(3)27)8-11-23(18,4)21(20)9-12-24(22,25)5/h15,18-22,28H,6-14H2,1-5H3/t15-,18-,19-,20-,21-,22-,23+,24-,25-/m1/s1. The second kappa shape index (κ2) is 7.50. The van der Waals surface area contributed by atoms with Crippen molar-refractivity contribution in [3.63, 3.8) is 0 Å². The van der Waals surface area contributed by atoms with E-state index in [1.54, 1.807) is 0 Å². The summed E-state index contributed by atoms with van der Waals surface area (Å²) in [5.41, 5.74) is -0.816. The quantitative estimate of drug-likeness (QED) is 0.673. The van der Waals surface area contributed by atoms with Crippen LogP contribution in [-0.4, -0.2) is 34.9 Å². The van der Waals surface area contributed by atoms with Gasteiger partial charge in [0.25, 0.3) is 0 Å². The molecule has 5 nitrogen and oxygen atoms in total. The highest BCUT2D eigenvalue weighted by Gasteiger charge is 2.66. The van der Waals surface area contributed by atoms with Crippen LogP contribution in [-0.2, 0) is 19.1 Å². The lowest BCUT2D eigenvalue weighted by Gasteiger charge is -2.62. The second-order valence-corrected chi connectivity index (χ2v) is 11.3. The van der Waals surface area contributed by atoms with Crippen molar-refractivity contribution in [3.8, 4) is 0 Å². The Morgan fingerprint density at radius 3 is 2.30 bits per heavy atom. The first-order valence-corrected chi connectivity index (χ1v) is 12.1. The lowest BCUT2D eigenvalue weighted by molar-refractivity contribution is -0.201. The van der Waals surface area contributed by atoms with Crippen LogP contribution in [0.3, 0.4) is 0 Å². The molecule has 0 heterocycles. The number of fused-ring (bicyclic) bond motifs is 5. The van der Waals surface area contributed by atoms with Gasteiger partial charge in [0.15, 0.2) is 0 Å². The number of rotatable bonds is 3. The first-order chi connectivity index (χ1) is 14.0. The van der Waals surface area contributed by atoms with E-state index in [0.29, 0.717) is 29.1 Å². The highest BCUT2D eigenvalue weighted by atomic mass is 16.6. The lowest BCUT2D eigenvalue weighted by atomic mass is 9.44. The van der Waals surface area contributed by atoms with Gasteiger partial charge < -0.3 is 14.6 Å². The van der Waals surface area contributed by atoms with Gasteiger partial charge in [-0.25, -0.2) is 0 Å². The maximum atomic E-state index is 11.7. The van der Waals surface area contributed by atoms with Gasteiger partial charge in [-0.3, -0.25) is 9.59 Å². The molecule has 1 N–H and O–H groups in total. The number of ether oxygens (including phenoxy) is 2.